The van der Waals surface area contributed by atoms with Gasteiger partial charge in [0.1, 0.15) is 0 Å². The van der Waals surface area contributed by atoms with Crippen molar-refractivity contribution in [1.29, 1.82) is 0 Å². The van der Waals surface area contributed by atoms with Gasteiger partial charge in [-0.3, -0.25) is 0 Å². The quantitative estimate of drug-likeness (QED) is 0.142. The summed E-state index contributed by atoms with van der Waals surface area (Å²) in [6, 6.07) is 27.3. The molecule has 2 atom stereocenters. The van der Waals surface area contributed by atoms with Crippen molar-refractivity contribution in [2.45, 2.75) is 78.1 Å². The van der Waals surface area contributed by atoms with E-state index in [1.165, 1.54) is 12.0 Å². The first-order valence-corrected chi connectivity index (χ1v) is 16.0. The fourth-order valence-corrected chi connectivity index (χ4v) is 4.36. The smallest absolute Gasteiger partial charge is 0.319 e. The normalized spacial score (nSPS) is 14.9. The van der Waals surface area contributed by atoms with Crippen molar-refractivity contribution in [2.75, 3.05) is 26.4 Å². The summed E-state index contributed by atoms with van der Waals surface area (Å²) in [5.74, 6) is 2.15. The van der Waals surface area contributed by atoms with E-state index in [1.54, 1.807) is 12.3 Å². The van der Waals surface area contributed by atoms with Crippen LogP contribution in [-0.2, 0) is 0 Å². The van der Waals surface area contributed by atoms with E-state index >= 15 is 0 Å². The van der Waals surface area contributed by atoms with Crippen LogP contribution in [0, 0.1) is 0 Å². The number of nitrogens with zero attached hydrogens (tertiary/aromatic N) is 4. The van der Waals surface area contributed by atoms with E-state index in [9.17, 15) is 0 Å². The summed E-state index contributed by atoms with van der Waals surface area (Å²) in [4.78, 5) is 17.1. The summed E-state index contributed by atoms with van der Waals surface area (Å²) < 4.78 is 22.0. The zero-order valence-electron chi connectivity index (χ0n) is 26.7. The molecule has 2 heterocycles. The first-order valence-electron chi connectivity index (χ1n) is 16.0. The van der Waals surface area contributed by atoms with Crippen LogP contribution in [0.4, 0.5) is 0 Å². The molecule has 1 fully saturated rings. The summed E-state index contributed by atoms with van der Waals surface area (Å²) in [7, 11) is 0. The molecule has 236 valence electrons. The predicted molar refractivity (Wildman–Crippen MR) is 175 cm³/mol. The van der Waals surface area contributed by atoms with Gasteiger partial charge in [-0.1, -0.05) is 94.4 Å². The van der Waals surface area contributed by atoms with Crippen LogP contribution < -0.4 is 18.9 Å². The van der Waals surface area contributed by atoms with Crippen LogP contribution in [0.2, 0.25) is 0 Å². The van der Waals surface area contributed by atoms with Crippen molar-refractivity contribution in [2.24, 2.45) is 0 Å². The van der Waals surface area contributed by atoms with Crippen LogP contribution in [0.15, 0.2) is 85.1 Å². The number of hydrogen-bond donors (Lipinski definition) is 0. The topological polar surface area (TPSA) is 88.5 Å². The van der Waals surface area contributed by atoms with E-state index < -0.39 is 0 Å². The Balaban J connectivity index is 0.000000221. The average Bonchev–Trinajstić information content (AvgIpc) is 3.06. The molecule has 0 saturated heterocycles. The monoisotopic (exact) mass is 600 g/mol. The standard InChI is InChI=1S/C20H26N2O2.C10H16N2O2.C6H6/c1-3-12-23-19-14-18(21-20(22-19)24-13-4-2)17-11-10-16(17)15-8-6-5-7-9-15;1-3-7-13-9-5-6-11-10(12-9)14-8-4-2;1-2-4-6-5-3-1/h5-9,14,16-17H,3-4,10-13H2,1-2H3;5-6H,3-4,7-8H2,1-2H3;1-6H. The molecule has 2 aromatic heterocycles. The van der Waals surface area contributed by atoms with Crippen molar-refractivity contribution in [3.8, 4) is 23.8 Å². The SMILES string of the molecule is CCCOc1cc(C2CCC2c2ccccc2)nc(OCCC)n1.CCCOc1ccnc(OCCC)n1.c1ccccc1. The zero-order valence-corrected chi connectivity index (χ0v) is 26.7. The van der Waals surface area contributed by atoms with E-state index in [-0.39, 0.29) is 0 Å². The number of ether oxygens (including phenoxy) is 4. The van der Waals surface area contributed by atoms with Gasteiger partial charge in [-0.05, 0) is 50.0 Å². The van der Waals surface area contributed by atoms with Crippen LogP contribution in [0.25, 0.3) is 0 Å². The highest BCUT2D eigenvalue weighted by Gasteiger charge is 2.35. The van der Waals surface area contributed by atoms with Crippen molar-refractivity contribution < 1.29 is 18.9 Å². The second kappa shape index (κ2) is 20.7. The molecule has 2 aromatic carbocycles. The van der Waals surface area contributed by atoms with E-state index in [0.29, 0.717) is 62.0 Å². The Hall–Kier alpha value is -4.20. The number of hydrogen-bond acceptors (Lipinski definition) is 8. The summed E-state index contributed by atoms with van der Waals surface area (Å²) in [6.45, 7) is 10.9. The minimum Gasteiger partial charge on any atom is -0.478 e. The summed E-state index contributed by atoms with van der Waals surface area (Å²) in [5.41, 5.74) is 2.43. The molecular weight excluding hydrogens is 552 g/mol. The average molecular weight is 601 g/mol. The largest absolute Gasteiger partial charge is 0.478 e. The molecule has 2 unspecified atom stereocenters. The highest BCUT2D eigenvalue weighted by Crippen LogP contribution is 2.49. The van der Waals surface area contributed by atoms with Gasteiger partial charge in [-0.15, -0.1) is 0 Å². The van der Waals surface area contributed by atoms with Crippen molar-refractivity contribution in [3.63, 3.8) is 0 Å². The van der Waals surface area contributed by atoms with Crippen LogP contribution in [0.1, 0.15) is 89.3 Å². The molecule has 44 heavy (non-hydrogen) atoms. The molecule has 1 aliphatic carbocycles. The summed E-state index contributed by atoms with van der Waals surface area (Å²) in [6.07, 6.45) is 7.81. The van der Waals surface area contributed by atoms with Gasteiger partial charge in [0.2, 0.25) is 11.8 Å². The van der Waals surface area contributed by atoms with Gasteiger partial charge in [0.15, 0.2) is 0 Å². The fraction of sp³-hybridized carbons (Fsp3) is 0.444. The molecule has 0 spiro atoms. The predicted octanol–water partition coefficient (Wildman–Crippen LogP) is 8.46. The summed E-state index contributed by atoms with van der Waals surface area (Å²) >= 11 is 0. The molecule has 0 amide bonds. The Labute approximate surface area is 263 Å². The molecular formula is C36H48N4O4. The fourth-order valence-electron chi connectivity index (χ4n) is 4.36. The van der Waals surface area contributed by atoms with Crippen molar-refractivity contribution >= 4 is 0 Å². The van der Waals surface area contributed by atoms with Gasteiger partial charge >= 0.3 is 12.0 Å². The van der Waals surface area contributed by atoms with E-state index in [1.807, 2.05) is 49.4 Å². The molecule has 5 rings (SSSR count). The Bertz CT molecular complexity index is 1220. The van der Waals surface area contributed by atoms with Gasteiger partial charge in [-0.25, -0.2) is 4.98 Å². The van der Waals surface area contributed by atoms with Gasteiger partial charge in [0.05, 0.1) is 32.1 Å². The molecule has 1 saturated carbocycles. The van der Waals surface area contributed by atoms with Crippen LogP contribution >= 0.6 is 0 Å². The highest BCUT2D eigenvalue weighted by atomic mass is 16.5. The molecule has 4 aromatic rings. The van der Waals surface area contributed by atoms with E-state index in [2.05, 4.69) is 71.0 Å². The highest BCUT2D eigenvalue weighted by molar-refractivity contribution is 5.31. The second-order valence-corrected chi connectivity index (χ2v) is 10.3. The third-order valence-electron chi connectivity index (χ3n) is 6.64. The van der Waals surface area contributed by atoms with Gasteiger partial charge in [0, 0.05) is 24.2 Å². The Morgan fingerprint density at radius 3 is 1.61 bits per heavy atom. The Morgan fingerprint density at radius 1 is 0.545 bits per heavy atom. The van der Waals surface area contributed by atoms with E-state index in [0.717, 1.165) is 37.8 Å². The molecule has 0 bridgehead atoms. The molecule has 8 nitrogen and oxygen atoms in total. The zero-order chi connectivity index (χ0) is 31.2. The maximum Gasteiger partial charge on any atom is 0.319 e. The van der Waals surface area contributed by atoms with Crippen molar-refractivity contribution in [3.05, 3.63) is 96.3 Å². The van der Waals surface area contributed by atoms with Crippen LogP contribution in [0.3, 0.4) is 0 Å². The molecule has 0 radical (unpaired) electrons. The lowest BCUT2D eigenvalue weighted by atomic mass is 9.68. The van der Waals surface area contributed by atoms with Gasteiger partial charge in [0.25, 0.3) is 0 Å². The minimum absolute atomic E-state index is 0.389. The lowest BCUT2D eigenvalue weighted by Gasteiger charge is -2.36. The number of benzene rings is 2. The van der Waals surface area contributed by atoms with Gasteiger partial charge in [-0.2, -0.15) is 15.0 Å². The molecule has 8 heteroatoms. The number of rotatable bonds is 14. The van der Waals surface area contributed by atoms with Crippen LogP contribution in [0.5, 0.6) is 23.8 Å². The van der Waals surface area contributed by atoms with E-state index in [4.69, 9.17) is 18.9 Å². The molecule has 1 aliphatic rings. The maximum atomic E-state index is 5.75. The first kappa shape index (κ1) is 34.3. The lowest BCUT2D eigenvalue weighted by molar-refractivity contribution is 0.263. The Morgan fingerprint density at radius 2 is 1.05 bits per heavy atom. The molecule has 0 N–H and O–H groups in total. The second-order valence-electron chi connectivity index (χ2n) is 10.3. The van der Waals surface area contributed by atoms with Gasteiger partial charge < -0.3 is 18.9 Å². The maximum absolute atomic E-state index is 5.75. The number of aromatic nitrogens is 4. The van der Waals surface area contributed by atoms with Crippen molar-refractivity contribution in [1.82, 2.24) is 19.9 Å². The summed E-state index contributed by atoms with van der Waals surface area (Å²) in [5, 5.41) is 0. The van der Waals surface area contributed by atoms with Crippen LogP contribution in [-0.4, -0.2) is 46.4 Å². The third kappa shape index (κ3) is 12.2. The lowest BCUT2D eigenvalue weighted by Crippen LogP contribution is -2.23. The third-order valence-corrected chi connectivity index (χ3v) is 6.64. The Kier molecular flexibility index (Phi) is 16.1. The molecule has 0 aliphatic heterocycles. The minimum atomic E-state index is 0.389. The first-order chi connectivity index (χ1) is 21.7.